The number of hydrogen-bond donors (Lipinski definition) is 0. The Morgan fingerprint density at radius 2 is 1.71 bits per heavy atom. The van der Waals surface area contributed by atoms with Gasteiger partial charge < -0.3 is 0 Å². The maximum absolute atomic E-state index is 6.50. The van der Waals surface area contributed by atoms with E-state index in [1.165, 1.54) is 22.3 Å². The molecule has 2 rings (SSSR count). The van der Waals surface area contributed by atoms with Crippen LogP contribution in [0.25, 0.3) is 0 Å². The van der Waals surface area contributed by atoms with Crippen LogP contribution < -0.4 is 0 Å². The Kier molecular flexibility index (Phi) is 3.86. The van der Waals surface area contributed by atoms with Crippen LogP contribution in [0.1, 0.15) is 27.6 Å². The molecule has 0 nitrogen and oxygen atoms in total. The van der Waals surface area contributed by atoms with Crippen LogP contribution in [0.5, 0.6) is 0 Å². The highest BCUT2D eigenvalue weighted by molar-refractivity contribution is 6.21. The van der Waals surface area contributed by atoms with E-state index in [-0.39, 0.29) is 5.38 Å². The Bertz CT molecular complexity index is 488. The zero-order valence-electron chi connectivity index (χ0n) is 10.3. The van der Waals surface area contributed by atoms with Crippen LogP contribution in [0.4, 0.5) is 0 Å². The van der Waals surface area contributed by atoms with E-state index in [2.05, 4.69) is 56.3 Å². The third-order valence-electron chi connectivity index (χ3n) is 3.02. The minimum absolute atomic E-state index is 0.0537. The minimum Gasteiger partial charge on any atom is -0.117 e. The molecule has 0 fully saturated rings. The molecular weight excluding hydrogens is 228 g/mol. The molecule has 0 aliphatic heterocycles. The van der Waals surface area contributed by atoms with E-state index in [0.29, 0.717) is 0 Å². The summed E-state index contributed by atoms with van der Waals surface area (Å²) in [6.45, 7) is 4.24. The van der Waals surface area contributed by atoms with Crippen LogP contribution in [0.2, 0.25) is 0 Å². The number of benzene rings is 2. The molecule has 1 heteroatoms. The van der Waals surface area contributed by atoms with Gasteiger partial charge in [-0.15, -0.1) is 11.6 Å². The van der Waals surface area contributed by atoms with Crippen molar-refractivity contribution in [2.24, 2.45) is 0 Å². The molecule has 0 aromatic heterocycles. The molecule has 2 aromatic carbocycles. The molecule has 1 unspecified atom stereocenters. The largest absolute Gasteiger partial charge is 0.117 e. The molecule has 0 bridgehead atoms. The summed E-state index contributed by atoms with van der Waals surface area (Å²) in [6, 6.07) is 16.9. The number of halogens is 1. The third kappa shape index (κ3) is 3.10. The van der Waals surface area contributed by atoms with Gasteiger partial charge in [-0.05, 0) is 37.0 Å². The van der Waals surface area contributed by atoms with Gasteiger partial charge in [0.05, 0.1) is 5.38 Å². The van der Waals surface area contributed by atoms with E-state index in [1.807, 2.05) is 6.07 Å². The van der Waals surface area contributed by atoms with Gasteiger partial charge in [-0.25, -0.2) is 0 Å². The first-order chi connectivity index (χ1) is 8.16. The quantitative estimate of drug-likeness (QED) is 0.679. The SMILES string of the molecule is Cc1ccc(C(Cl)Cc2ccccc2)c(C)c1. The number of alkyl halides is 1. The van der Waals surface area contributed by atoms with Gasteiger partial charge in [0, 0.05) is 0 Å². The van der Waals surface area contributed by atoms with Gasteiger partial charge in [0.25, 0.3) is 0 Å². The molecular formula is C16H17Cl. The number of rotatable bonds is 3. The predicted octanol–water partition coefficient (Wildman–Crippen LogP) is 4.83. The number of hydrogen-bond acceptors (Lipinski definition) is 0. The normalized spacial score (nSPS) is 12.4. The highest BCUT2D eigenvalue weighted by Gasteiger charge is 2.11. The van der Waals surface area contributed by atoms with Gasteiger partial charge in [0.1, 0.15) is 0 Å². The molecule has 0 radical (unpaired) electrons. The Morgan fingerprint density at radius 1 is 1.00 bits per heavy atom. The highest BCUT2D eigenvalue weighted by Crippen LogP contribution is 2.28. The lowest BCUT2D eigenvalue weighted by Gasteiger charge is -2.13. The second kappa shape index (κ2) is 5.37. The maximum atomic E-state index is 6.50. The molecule has 0 aliphatic rings. The van der Waals surface area contributed by atoms with Gasteiger partial charge >= 0.3 is 0 Å². The predicted molar refractivity (Wildman–Crippen MR) is 74.7 cm³/mol. The van der Waals surface area contributed by atoms with Crippen molar-refractivity contribution in [2.75, 3.05) is 0 Å². The third-order valence-corrected chi connectivity index (χ3v) is 3.41. The fraction of sp³-hybridized carbons (Fsp3) is 0.250. The van der Waals surface area contributed by atoms with Gasteiger partial charge in [0.15, 0.2) is 0 Å². The molecule has 0 N–H and O–H groups in total. The minimum atomic E-state index is 0.0537. The molecule has 0 saturated heterocycles. The monoisotopic (exact) mass is 244 g/mol. The second-order valence-corrected chi connectivity index (χ2v) is 5.04. The lowest BCUT2D eigenvalue weighted by Crippen LogP contribution is -1.98. The maximum Gasteiger partial charge on any atom is 0.0628 e. The molecule has 1 atom stereocenters. The molecule has 0 spiro atoms. The van der Waals surface area contributed by atoms with E-state index in [1.54, 1.807) is 0 Å². The Labute approximate surface area is 108 Å². The van der Waals surface area contributed by atoms with Gasteiger partial charge in [0.2, 0.25) is 0 Å². The average Bonchev–Trinajstić information content (AvgIpc) is 2.30. The summed E-state index contributed by atoms with van der Waals surface area (Å²) in [4.78, 5) is 0. The summed E-state index contributed by atoms with van der Waals surface area (Å²) in [6.07, 6.45) is 0.881. The Morgan fingerprint density at radius 3 is 2.35 bits per heavy atom. The molecule has 0 aliphatic carbocycles. The lowest BCUT2D eigenvalue weighted by atomic mass is 9.98. The summed E-state index contributed by atoms with van der Waals surface area (Å²) < 4.78 is 0. The molecule has 88 valence electrons. The van der Waals surface area contributed by atoms with E-state index in [4.69, 9.17) is 11.6 Å². The molecule has 0 saturated carbocycles. The molecule has 0 heterocycles. The molecule has 0 amide bonds. The van der Waals surface area contributed by atoms with Crippen LogP contribution in [0.3, 0.4) is 0 Å². The van der Waals surface area contributed by atoms with Crippen molar-refractivity contribution in [2.45, 2.75) is 25.6 Å². The van der Waals surface area contributed by atoms with Crippen molar-refractivity contribution in [1.82, 2.24) is 0 Å². The van der Waals surface area contributed by atoms with E-state index < -0.39 is 0 Å². The summed E-state index contributed by atoms with van der Waals surface area (Å²) in [7, 11) is 0. The zero-order valence-corrected chi connectivity index (χ0v) is 11.0. The highest BCUT2D eigenvalue weighted by atomic mass is 35.5. The second-order valence-electron chi connectivity index (χ2n) is 4.52. The fourth-order valence-electron chi connectivity index (χ4n) is 2.11. The van der Waals surface area contributed by atoms with Crippen molar-refractivity contribution >= 4 is 11.6 Å². The number of aryl methyl sites for hydroxylation is 2. The summed E-state index contributed by atoms with van der Waals surface area (Å²) >= 11 is 6.50. The van der Waals surface area contributed by atoms with E-state index in [0.717, 1.165) is 6.42 Å². The van der Waals surface area contributed by atoms with Crippen molar-refractivity contribution in [3.63, 3.8) is 0 Å². The van der Waals surface area contributed by atoms with Crippen LogP contribution >= 0.6 is 11.6 Å². The fourth-order valence-corrected chi connectivity index (χ4v) is 2.53. The van der Waals surface area contributed by atoms with Gasteiger partial charge in [-0.2, -0.15) is 0 Å². The van der Waals surface area contributed by atoms with Crippen LogP contribution in [0.15, 0.2) is 48.5 Å². The lowest BCUT2D eigenvalue weighted by molar-refractivity contribution is 0.909. The molecule has 17 heavy (non-hydrogen) atoms. The van der Waals surface area contributed by atoms with Crippen LogP contribution in [-0.4, -0.2) is 0 Å². The van der Waals surface area contributed by atoms with Crippen molar-refractivity contribution in [3.8, 4) is 0 Å². The average molecular weight is 245 g/mol. The van der Waals surface area contributed by atoms with Gasteiger partial charge in [-0.3, -0.25) is 0 Å². The smallest absolute Gasteiger partial charge is 0.0628 e. The Hall–Kier alpha value is -1.27. The first kappa shape index (κ1) is 12.2. The van der Waals surface area contributed by atoms with Crippen molar-refractivity contribution < 1.29 is 0 Å². The summed E-state index contributed by atoms with van der Waals surface area (Å²) in [5.74, 6) is 0. The van der Waals surface area contributed by atoms with Crippen molar-refractivity contribution in [3.05, 3.63) is 70.8 Å². The first-order valence-electron chi connectivity index (χ1n) is 5.92. The van der Waals surface area contributed by atoms with Gasteiger partial charge in [-0.1, -0.05) is 54.1 Å². The van der Waals surface area contributed by atoms with E-state index in [9.17, 15) is 0 Å². The Balaban J connectivity index is 2.17. The molecule has 2 aromatic rings. The summed E-state index contributed by atoms with van der Waals surface area (Å²) in [5.41, 5.74) is 5.09. The topological polar surface area (TPSA) is 0 Å². The van der Waals surface area contributed by atoms with Crippen molar-refractivity contribution in [1.29, 1.82) is 0 Å². The zero-order chi connectivity index (χ0) is 12.3. The van der Waals surface area contributed by atoms with E-state index >= 15 is 0 Å². The first-order valence-corrected chi connectivity index (χ1v) is 6.35. The van der Waals surface area contributed by atoms with Crippen LogP contribution in [0, 0.1) is 13.8 Å². The standard InChI is InChI=1S/C16H17Cl/c1-12-8-9-15(13(2)10-12)16(17)11-14-6-4-3-5-7-14/h3-10,16H,11H2,1-2H3. The summed E-state index contributed by atoms with van der Waals surface area (Å²) in [5, 5.41) is 0.0537. The van der Waals surface area contributed by atoms with Crippen LogP contribution in [-0.2, 0) is 6.42 Å².